The molecule has 0 heterocycles. The fraction of sp³-hybridized carbons (Fsp3) is 0.571. The molecule has 0 aromatic heterocycles. The predicted octanol–water partition coefficient (Wildman–Crippen LogP) is 2.28. The highest BCUT2D eigenvalue weighted by Crippen LogP contribution is 2.40. The molecule has 1 aliphatic rings. The maximum atomic E-state index is 10.7. The first-order valence-corrected chi connectivity index (χ1v) is 6.11. The van der Waals surface area contributed by atoms with Gasteiger partial charge in [-0.2, -0.15) is 0 Å². The zero-order chi connectivity index (χ0) is 11.6. The van der Waals surface area contributed by atoms with Gasteiger partial charge in [0.1, 0.15) is 0 Å². The molecule has 3 atom stereocenters. The Hall–Kier alpha value is -0.860. The summed E-state index contributed by atoms with van der Waals surface area (Å²) < 4.78 is 0. The van der Waals surface area contributed by atoms with E-state index < -0.39 is 5.60 Å². The van der Waals surface area contributed by atoms with Crippen LogP contribution in [0.5, 0.6) is 0 Å². The number of aliphatic hydroxyl groups is 1. The second-order valence-electron chi connectivity index (χ2n) is 4.95. The molecule has 1 saturated carbocycles. The molecule has 0 amide bonds. The van der Waals surface area contributed by atoms with E-state index in [1.807, 2.05) is 44.3 Å². The number of benzene rings is 1. The lowest BCUT2D eigenvalue weighted by Gasteiger charge is -2.34. The van der Waals surface area contributed by atoms with Crippen molar-refractivity contribution in [1.82, 2.24) is 5.32 Å². The third-order valence-corrected chi connectivity index (χ3v) is 3.97. The average Bonchev–Trinajstić information content (AvgIpc) is 2.79. The molecule has 2 nitrogen and oxygen atoms in total. The van der Waals surface area contributed by atoms with Crippen LogP contribution in [-0.4, -0.2) is 18.2 Å². The highest BCUT2D eigenvalue weighted by atomic mass is 16.3. The fourth-order valence-corrected chi connectivity index (χ4v) is 2.97. The van der Waals surface area contributed by atoms with Gasteiger partial charge in [-0.3, -0.25) is 0 Å². The van der Waals surface area contributed by atoms with Gasteiger partial charge in [0.05, 0.1) is 5.60 Å². The monoisotopic (exact) mass is 219 g/mol. The second-order valence-corrected chi connectivity index (χ2v) is 4.95. The van der Waals surface area contributed by atoms with Gasteiger partial charge in [0.15, 0.2) is 0 Å². The third kappa shape index (κ3) is 2.00. The molecule has 2 N–H and O–H groups in total. The number of hydrogen-bond acceptors (Lipinski definition) is 2. The number of nitrogens with one attached hydrogen (secondary N) is 1. The van der Waals surface area contributed by atoms with Crippen molar-refractivity contribution in [3.63, 3.8) is 0 Å². The van der Waals surface area contributed by atoms with E-state index in [2.05, 4.69) is 5.32 Å². The van der Waals surface area contributed by atoms with E-state index in [-0.39, 0.29) is 0 Å². The molecule has 2 rings (SSSR count). The lowest BCUT2D eigenvalue weighted by atomic mass is 9.80. The van der Waals surface area contributed by atoms with Crippen LogP contribution in [0.15, 0.2) is 30.3 Å². The molecular weight excluding hydrogens is 198 g/mol. The van der Waals surface area contributed by atoms with Crippen LogP contribution >= 0.6 is 0 Å². The minimum absolute atomic E-state index is 0.319. The average molecular weight is 219 g/mol. The van der Waals surface area contributed by atoms with E-state index in [1.165, 1.54) is 12.8 Å². The molecule has 1 aliphatic carbocycles. The van der Waals surface area contributed by atoms with Crippen molar-refractivity contribution < 1.29 is 5.11 Å². The SMILES string of the molecule is CN[C@H]1CCC[C@H]1[C@](C)(O)c1ccccc1. The molecule has 88 valence electrons. The quantitative estimate of drug-likeness (QED) is 0.817. The zero-order valence-electron chi connectivity index (χ0n) is 10.1. The van der Waals surface area contributed by atoms with Gasteiger partial charge < -0.3 is 10.4 Å². The van der Waals surface area contributed by atoms with Crippen molar-refractivity contribution in [2.45, 2.75) is 37.8 Å². The molecule has 1 aromatic rings. The van der Waals surface area contributed by atoms with E-state index in [1.54, 1.807) is 0 Å². The van der Waals surface area contributed by atoms with Gasteiger partial charge in [0, 0.05) is 12.0 Å². The highest BCUT2D eigenvalue weighted by molar-refractivity contribution is 5.23. The van der Waals surface area contributed by atoms with Gasteiger partial charge in [-0.15, -0.1) is 0 Å². The van der Waals surface area contributed by atoms with Crippen molar-refractivity contribution in [2.24, 2.45) is 5.92 Å². The van der Waals surface area contributed by atoms with Crippen molar-refractivity contribution in [3.8, 4) is 0 Å². The fourth-order valence-electron chi connectivity index (χ4n) is 2.97. The van der Waals surface area contributed by atoms with Crippen molar-refractivity contribution >= 4 is 0 Å². The van der Waals surface area contributed by atoms with E-state index in [9.17, 15) is 5.11 Å². The number of hydrogen-bond donors (Lipinski definition) is 2. The summed E-state index contributed by atoms with van der Waals surface area (Å²) in [5.74, 6) is 0.319. The molecule has 0 aliphatic heterocycles. The predicted molar refractivity (Wildman–Crippen MR) is 66.2 cm³/mol. The first-order valence-electron chi connectivity index (χ1n) is 6.11. The Labute approximate surface area is 97.7 Å². The minimum atomic E-state index is -0.717. The Kier molecular flexibility index (Phi) is 3.31. The van der Waals surface area contributed by atoms with Crippen LogP contribution < -0.4 is 5.32 Å². The molecule has 0 radical (unpaired) electrons. The molecule has 0 bridgehead atoms. The summed E-state index contributed by atoms with van der Waals surface area (Å²) in [4.78, 5) is 0. The van der Waals surface area contributed by atoms with Gasteiger partial charge in [-0.1, -0.05) is 36.8 Å². The molecule has 0 saturated heterocycles. The summed E-state index contributed by atoms with van der Waals surface area (Å²) >= 11 is 0. The van der Waals surface area contributed by atoms with Crippen LogP contribution in [0.3, 0.4) is 0 Å². The highest BCUT2D eigenvalue weighted by Gasteiger charge is 2.40. The van der Waals surface area contributed by atoms with Crippen LogP contribution in [0, 0.1) is 5.92 Å². The van der Waals surface area contributed by atoms with Gasteiger partial charge in [0.25, 0.3) is 0 Å². The Morgan fingerprint density at radius 2 is 1.94 bits per heavy atom. The number of rotatable bonds is 3. The Morgan fingerprint density at radius 3 is 2.56 bits per heavy atom. The maximum absolute atomic E-state index is 10.7. The molecular formula is C14H21NO. The van der Waals surface area contributed by atoms with Crippen molar-refractivity contribution in [1.29, 1.82) is 0 Å². The summed E-state index contributed by atoms with van der Waals surface area (Å²) in [5.41, 5.74) is 0.313. The smallest absolute Gasteiger partial charge is 0.0911 e. The van der Waals surface area contributed by atoms with Gasteiger partial charge in [0.2, 0.25) is 0 Å². The van der Waals surface area contributed by atoms with Crippen LogP contribution in [0.1, 0.15) is 31.7 Å². The lowest BCUT2D eigenvalue weighted by Crippen LogP contribution is -2.42. The molecule has 2 heteroatoms. The standard InChI is InChI=1S/C14H21NO/c1-14(16,11-7-4-3-5-8-11)12-9-6-10-13(12)15-2/h3-5,7-8,12-13,15-16H,6,9-10H2,1-2H3/t12-,13+,14-/m1/s1. The van der Waals surface area contributed by atoms with E-state index >= 15 is 0 Å². The Balaban J connectivity index is 2.24. The van der Waals surface area contributed by atoms with E-state index in [0.29, 0.717) is 12.0 Å². The first kappa shape index (κ1) is 11.6. The van der Waals surface area contributed by atoms with Crippen LogP contribution in [-0.2, 0) is 5.60 Å². The second kappa shape index (κ2) is 4.56. The zero-order valence-corrected chi connectivity index (χ0v) is 10.1. The molecule has 1 fully saturated rings. The summed E-state index contributed by atoms with van der Waals surface area (Å²) in [6.45, 7) is 1.95. The van der Waals surface area contributed by atoms with Gasteiger partial charge >= 0.3 is 0 Å². The normalized spacial score (nSPS) is 28.9. The summed E-state index contributed by atoms with van der Waals surface area (Å²) in [7, 11) is 1.99. The van der Waals surface area contributed by atoms with Crippen LogP contribution in [0.4, 0.5) is 0 Å². The molecule has 1 aromatic carbocycles. The minimum Gasteiger partial charge on any atom is -0.385 e. The summed E-state index contributed by atoms with van der Waals surface area (Å²) in [6, 6.07) is 10.5. The van der Waals surface area contributed by atoms with E-state index in [0.717, 1.165) is 12.0 Å². The topological polar surface area (TPSA) is 32.3 Å². The summed E-state index contributed by atoms with van der Waals surface area (Å²) in [5, 5.41) is 14.1. The molecule has 0 unspecified atom stereocenters. The Bertz CT molecular complexity index is 334. The van der Waals surface area contributed by atoms with Crippen LogP contribution in [0.25, 0.3) is 0 Å². The van der Waals surface area contributed by atoms with Gasteiger partial charge in [-0.25, -0.2) is 0 Å². The van der Waals surface area contributed by atoms with Crippen LogP contribution in [0.2, 0.25) is 0 Å². The maximum Gasteiger partial charge on any atom is 0.0911 e. The van der Waals surface area contributed by atoms with E-state index in [4.69, 9.17) is 0 Å². The molecule has 16 heavy (non-hydrogen) atoms. The first-order chi connectivity index (χ1) is 7.66. The van der Waals surface area contributed by atoms with Gasteiger partial charge in [-0.05, 0) is 32.4 Å². The largest absolute Gasteiger partial charge is 0.385 e. The lowest BCUT2D eigenvalue weighted by molar-refractivity contribution is -0.0132. The van der Waals surface area contributed by atoms with Crippen molar-refractivity contribution in [3.05, 3.63) is 35.9 Å². The molecule has 0 spiro atoms. The summed E-state index contributed by atoms with van der Waals surface area (Å²) in [6.07, 6.45) is 3.48. The van der Waals surface area contributed by atoms with Crippen molar-refractivity contribution in [2.75, 3.05) is 7.05 Å². The Morgan fingerprint density at radius 1 is 1.25 bits per heavy atom. The third-order valence-electron chi connectivity index (χ3n) is 3.97.